The lowest BCUT2D eigenvalue weighted by Gasteiger charge is -2.40. The number of nitrogens with zero attached hydrogens (tertiary/aromatic N) is 5. The fourth-order valence-corrected chi connectivity index (χ4v) is 5.76. The first kappa shape index (κ1) is 29.6. The Bertz CT molecular complexity index is 1490. The largest absolute Gasteiger partial charge is 0.444 e. The highest BCUT2D eigenvalue weighted by Crippen LogP contribution is 2.44. The van der Waals surface area contributed by atoms with Crippen LogP contribution in [0.5, 0.6) is 0 Å². The second-order valence-corrected chi connectivity index (χ2v) is 12.0. The van der Waals surface area contributed by atoms with E-state index in [4.69, 9.17) is 21.3 Å². The van der Waals surface area contributed by atoms with Crippen LogP contribution in [0.4, 0.5) is 9.59 Å². The maximum Gasteiger partial charge on any atom is 0.410 e. The van der Waals surface area contributed by atoms with Crippen molar-refractivity contribution >= 4 is 35.4 Å². The maximum atomic E-state index is 12.9. The molecule has 10 nitrogen and oxygen atoms in total. The van der Waals surface area contributed by atoms with Gasteiger partial charge in [-0.2, -0.15) is 0 Å². The highest BCUT2D eigenvalue weighted by atomic mass is 35.5. The molecule has 1 aliphatic carbocycles. The molecule has 42 heavy (non-hydrogen) atoms. The average molecular weight is 592 g/mol. The van der Waals surface area contributed by atoms with Crippen molar-refractivity contribution in [3.8, 4) is 0 Å². The molecule has 2 aromatic heterocycles. The number of benzene rings is 1. The maximum absolute atomic E-state index is 12.9. The van der Waals surface area contributed by atoms with Crippen LogP contribution in [0.15, 0.2) is 49.1 Å². The van der Waals surface area contributed by atoms with E-state index >= 15 is 0 Å². The molecule has 1 saturated heterocycles. The first-order chi connectivity index (χ1) is 20.1. The van der Waals surface area contributed by atoms with Gasteiger partial charge in [-0.15, -0.1) is 0 Å². The van der Waals surface area contributed by atoms with E-state index in [1.165, 1.54) is 0 Å². The SMILES string of the molecule is CCNC(=O)NC(C1=Cc2cccnc2[C@@H](N2CCN(C(=O)OC(C)(C)C)CC2)c2ccc(Cl)cc21)c1cncn1C. The highest BCUT2D eigenvalue weighted by Gasteiger charge is 2.36. The standard InChI is InChI=1S/C31H38ClN7O3/c1-6-34-29(40)36-27(25-18-33-19-37(25)5)24-16-20-8-7-11-35-26(20)28(22-10-9-21(32)17-23(22)24)38-12-14-39(15-13-38)30(41)42-31(2,3)4/h7-11,16-19,27-28H,6,12-15H2,1-5H3,(H2,34,36,40)/t27?,28-/m0/s1. The number of urea groups is 1. The van der Waals surface area contributed by atoms with E-state index < -0.39 is 11.6 Å². The average Bonchev–Trinajstić information content (AvgIpc) is 3.31. The second-order valence-electron chi connectivity index (χ2n) is 11.6. The lowest BCUT2D eigenvalue weighted by Crippen LogP contribution is -2.51. The van der Waals surface area contributed by atoms with Crippen LogP contribution < -0.4 is 10.6 Å². The second kappa shape index (κ2) is 12.1. The van der Waals surface area contributed by atoms with E-state index in [-0.39, 0.29) is 18.2 Å². The molecule has 2 aliphatic rings. The number of pyridine rings is 1. The summed E-state index contributed by atoms with van der Waals surface area (Å²) < 4.78 is 7.53. The first-order valence-corrected chi connectivity index (χ1v) is 14.6. The monoisotopic (exact) mass is 591 g/mol. The van der Waals surface area contributed by atoms with Crippen molar-refractivity contribution in [2.75, 3.05) is 32.7 Å². The van der Waals surface area contributed by atoms with Gasteiger partial charge in [-0.25, -0.2) is 14.6 Å². The summed E-state index contributed by atoms with van der Waals surface area (Å²) in [6, 6.07) is 8.88. The van der Waals surface area contributed by atoms with Crippen LogP contribution in [0.1, 0.15) is 67.9 Å². The van der Waals surface area contributed by atoms with E-state index in [9.17, 15) is 9.59 Å². The number of piperazine rings is 1. The molecule has 0 radical (unpaired) electrons. The molecule has 0 bridgehead atoms. The predicted octanol–water partition coefficient (Wildman–Crippen LogP) is 5.03. The summed E-state index contributed by atoms with van der Waals surface area (Å²) in [6.07, 6.45) is 7.10. The molecule has 1 aromatic carbocycles. The van der Waals surface area contributed by atoms with Gasteiger partial charge in [0.15, 0.2) is 0 Å². The van der Waals surface area contributed by atoms with Crippen LogP contribution in [0.25, 0.3) is 11.6 Å². The van der Waals surface area contributed by atoms with Crippen LogP contribution in [-0.2, 0) is 11.8 Å². The quantitative estimate of drug-likeness (QED) is 0.431. The number of imidazole rings is 1. The number of rotatable bonds is 5. The molecule has 2 N–H and O–H groups in total. The Kier molecular flexibility index (Phi) is 8.56. The number of carbonyl (C=O) groups excluding carboxylic acids is 2. The summed E-state index contributed by atoms with van der Waals surface area (Å²) in [4.78, 5) is 39.0. The zero-order valence-electron chi connectivity index (χ0n) is 24.7. The number of carbonyl (C=O) groups is 2. The van der Waals surface area contributed by atoms with Crippen molar-refractivity contribution in [1.29, 1.82) is 0 Å². The van der Waals surface area contributed by atoms with E-state index in [1.54, 1.807) is 17.4 Å². The van der Waals surface area contributed by atoms with Gasteiger partial charge in [0.25, 0.3) is 0 Å². The third-order valence-corrected chi connectivity index (χ3v) is 7.70. The van der Waals surface area contributed by atoms with E-state index in [0.29, 0.717) is 37.7 Å². The van der Waals surface area contributed by atoms with E-state index in [1.807, 2.05) is 75.8 Å². The van der Waals surface area contributed by atoms with Gasteiger partial charge in [0, 0.05) is 51.0 Å². The molecule has 1 fully saturated rings. The lowest BCUT2D eigenvalue weighted by molar-refractivity contribution is 0.0118. The van der Waals surface area contributed by atoms with Crippen LogP contribution >= 0.6 is 11.6 Å². The normalized spacial score (nSPS) is 17.8. The minimum atomic E-state index is -0.550. The van der Waals surface area contributed by atoms with Gasteiger partial charge in [0.05, 0.1) is 36.0 Å². The number of nitrogens with one attached hydrogen (secondary N) is 2. The number of halogens is 1. The number of hydrogen-bond acceptors (Lipinski definition) is 6. The highest BCUT2D eigenvalue weighted by molar-refractivity contribution is 6.30. The molecule has 1 unspecified atom stereocenters. The minimum Gasteiger partial charge on any atom is -0.444 e. The Morgan fingerprint density at radius 1 is 1.17 bits per heavy atom. The predicted molar refractivity (Wildman–Crippen MR) is 163 cm³/mol. The van der Waals surface area contributed by atoms with Crippen molar-refractivity contribution in [2.24, 2.45) is 7.05 Å². The molecular weight excluding hydrogens is 554 g/mol. The fraction of sp³-hybridized carbons (Fsp3) is 0.419. The van der Waals surface area contributed by atoms with Crippen LogP contribution in [0.2, 0.25) is 5.02 Å². The van der Waals surface area contributed by atoms with Gasteiger partial charge in [0.2, 0.25) is 0 Å². The van der Waals surface area contributed by atoms with Gasteiger partial charge < -0.3 is 24.8 Å². The first-order valence-electron chi connectivity index (χ1n) is 14.2. The number of amides is 3. The number of fused-ring (bicyclic) bond motifs is 2. The smallest absolute Gasteiger partial charge is 0.410 e. The summed E-state index contributed by atoms with van der Waals surface area (Å²) in [5.41, 5.74) is 4.96. The Hall–Kier alpha value is -3.89. The van der Waals surface area contributed by atoms with Crippen LogP contribution in [-0.4, -0.2) is 74.8 Å². The van der Waals surface area contributed by atoms with Crippen molar-refractivity contribution in [2.45, 2.75) is 45.4 Å². The fourth-order valence-electron chi connectivity index (χ4n) is 5.59. The third-order valence-electron chi connectivity index (χ3n) is 7.47. The van der Waals surface area contributed by atoms with Gasteiger partial charge >= 0.3 is 12.1 Å². The van der Waals surface area contributed by atoms with Gasteiger partial charge in [0.1, 0.15) is 5.60 Å². The van der Waals surface area contributed by atoms with E-state index in [2.05, 4.69) is 26.6 Å². The van der Waals surface area contributed by atoms with Crippen molar-refractivity contribution in [3.05, 3.63) is 82.2 Å². The van der Waals surface area contributed by atoms with Crippen molar-refractivity contribution in [3.63, 3.8) is 0 Å². The number of hydrogen-bond donors (Lipinski definition) is 2. The molecule has 11 heteroatoms. The topological polar surface area (TPSA) is 105 Å². The zero-order chi connectivity index (χ0) is 30.0. The molecule has 5 rings (SSSR count). The Balaban J connectivity index is 1.58. The third kappa shape index (κ3) is 6.29. The Morgan fingerprint density at radius 2 is 1.93 bits per heavy atom. The van der Waals surface area contributed by atoms with Crippen LogP contribution in [0, 0.1) is 0 Å². The lowest BCUT2D eigenvalue weighted by atomic mass is 9.90. The molecular formula is C31H38ClN7O3. The Labute approximate surface area is 251 Å². The Morgan fingerprint density at radius 3 is 2.60 bits per heavy atom. The molecule has 0 spiro atoms. The number of aryl methyl sites for hydroxylation is 1. The van der Waals surface area contributed by atoms with Crippen molar-refractivity contribution in [1.82, 2.24) is 35.0 Å². The zero-order valence-corrected chi connectivity index (χ0v) is 25.5. The molecule has 0 saturated carbocycles. The molecule has 1 aliphatic heterocycles. The summed E-state index contributed by atoms with van der Waals surface area (Å²) in [5.74, 6) is 0. The van der Waals surface area contributed by atoms with Gasteiger partial charge in [-0.05, 0) is 74.2 Å². The molecule has 2 atom stereocenters. The summed E-state index contributed by atoms with van der Waals surface area (Å²) in [6.45, 7) is 10.4. The van der Waals surface area contributed by atoms with Crippen LogP contribution in [0.3, 0.4) is 0 Å². The van der Waals surface area contributed by atoms with Gasteiger partial charge in [-0.3, -0.25) is 9.88 Å². The summed E-state index contributed by atoms with van der Waals surface area (Å²) in [7, 11) is 1.91. The number of ether oxygens (including phenoxy) is 1. The minimum absolute atomic E-state index is 0.195. The molecule has 222 valence electrons. The number of aromatic nitrogens is 3. The van der Waals surface area contributed by atoms with E-state index in [0.717, 1.165) is 33.7 Å². The summed E-state index contributed by atoms with van der Waals surface area (Å²) in [5, 5.41) is 6.62. The molecule has 3 amide bonds. The molecule has 3 heterocycles. The van der Waals surface area contributed by atoms with Gasteiger partial charge in [-0.1, -0.05) is 23.7 Å². The summed E-state index contributed by atoms with van der Waals surface area (Å²) >= 11 is 6.63. The molecule has 3 aromatic rings. The van der Waals surface area contributed by atoms with Crippen molar-refractivity contribution < 1.29 is 14.3 Å².